The lowest BCUT2D eigenvalue weighted by Crippen LogP contribution is -2.39. The molecule has 0 amide bonds. The second-order valence-electron chi connectivity index (χ2n) is 8.94. The highest BCUT2D eigenvalue weighted by Gasteiger charge is 2.34. The van der Waals surface area contributed by atoms with Gasteiger partial charge in [-0.25, -0.2) is 4.79 Å². The lowest BCUT2D eigenvalue weighted by Gasteiger charge is -2.36. The molecule has 0 atom stereocenters. The molecule has 32 heavy (non-hydrogen) atoms. The van der Waals surface area contributed by atoms with Gasteiger partial charge in [-0.2, -0.15) is 5.26 Å². The minimum atomic E-state index is -0.747. The van der Waals surface area contributed by atoms with Crippen LogP contribution in [0.2, 0.25) is 5.02 Å². The number of rotatable bonds is 5. The molecule has 0 bridgehead atoms. The van der Waals surface area contributed by atoms with E-state index in [0.29, 0.717) is 40.7 Å². The molecule has 0 aliphatic carbocycles. The van der Waals surface area contributed by atoms with Crippen LogP contribution in [-0.4, -0.2) is 36.5 Å². The summed E-state index contributed by atoms with van der Waals surface area (Å²) in [5.74, 6) is -0.337. The van der Waals surface area contributed by atoms with E-state index in [2.05, 4.69) is 6.07 Å². The molecule has 8 heteroatoms. The molecule has 0 radical (unpaired) electrons. The Morgan fingerprint density at radius 2 is 1.97 bits per heavy atom. The van der Waals surface area contributed by atoms with Crippen molar-refractivity contribution in [1.29, 1.82) is 5.26 Å². The van der Waals surface area contributed by atoms with Crippen molar-refractivity contribution in [2.45, 2.75) is 33.3 Å². The molecule has 0 saturated carbocycles. The van der Waals surface area contributed by atoms with E-state index in [0.717, 1.165) is 0 Å². The van der Waals surface area contributed by atoms with Gasteiger partial charge in [-0.05, 0) is 45.0 Å². The Morgan fingerprint density at radius 3 is 2.50 bits per heavy atom. The summed E-state index contributed by atoms with van der Waals surface area (Å²) >= 11 is 6.12. The predicted octanol–water partition coefficient (Wildman–Crippen LogP) is 4.27. The molecule has 1 saturated heterocycles. The van der Waals surface area contributed by atoms with E-state index in [-0.39, 0.29) is 5.70 Å². The number of ether oxygens (including phenoxy) is 3. The molecule has 1 aliphatic heterocycles. The van der Waals surface area contributed by atoms with Crippen molar-refractivity contribution in [3.63, 3.8) is 0 Å². The van der Waals surface area contributed by atoms with Gasteiger partial charge in [0.25, 0.3) is 5.56 Å². The molecule has 1 fully saturated rings. The Bertz CT molecular complexity index is 1180. The molecule has 2 aromatic rings. The third-order valence-electron chi connectivity index (χ3n) is 4.85. The van der Waals surface area contributed by atoms with Crippen molar-refractivity contribution in [2.75, 3.05) is 20.3 Å². The van der Waals surface area contributed by atoms with Gasteiger partial charge in [-0.1, -0.05) is 18.5 Å². The summed E-state index contributed by atoms with van der Waals surface area (Å²) in [5, 5.41) is 9.90. The predicted molar refractivity (Wildman–Crippen MR) is 121 cm³/mol. The Balaban J connectivity index is 2.20. The van der Waals surface area contributed by atoms with Gasteiger partial charge in [0.1, 0.15) is 17.0 Å². The van der Waals surface area contributed by atoms with Gasteiger partial charge in [0.15, 0.2) is 0 Å². The van der Waals surface area contributed by atoms with Crippen molar-refractivity contribution >= 4 is 23.3 Å². The first-order chi connectivity index (χ1) is 15.0. The highest BCUT2D eigenvalue weighted by atomic mass is 35.5. The summed E-state index contributed by atoms with van der Waals surface area (Å²) in [6.07, 6.45) is 3.13. The van der Waals surface area contributed by atoms with Gasteiger partial charge < -0.3 is 14.2 Å². The first-order valence-electron chi connectivity index (χ1n) is 10.0. The second-order valence-corrected chi connectivity index (χ2v) is 9.38. The molecule has 1 aliphatic rings. The van der Waals surface area contributed by atoms with Crippen molar-refractivity contribution in [3.05, 3.63) is 57.5 Å². The maximum absolute atomic E-state index is 13.2. The topological polar surface area (TPSA) is 90.5 Å². The molecule has 1 aromatic heterocycles. The van der Waals surface area contributed by atoms with Crippen LogP contribution in [0.5, 0.6) is 5.75 Å². The van der Waals surface area contributed by atoms with E-state index in [4.69, 9.17) is 25.8 Å². The average molecular weight is 457 g/mol. The monoisotopic (exact) mass is 456 g/mol. The van der Waals surface area contributed by atoms with Gasteiger partial charge in [0, 0.05) is 27.6 Å². The summed E-state index contributed by atoms with van der Waals surface area (Å²) < 4.78 is 17.6. The highest BCUT2D eigenvalue weighted by molar-refractivity contribution is 6.31. The minimum absolute atomic E-state index is 0.0761. The number of carbonyl (C=O) groups is 1. The Labute approximate surface area is 191 Å². The fourth-order valence-electron chi connectivity index (χ4n) is 3.31. The molecule has 2 heterocycles. The fraction of sp³-hybridized carbons (Fsp3) is 0.375. The molecular weight excluding hydrogens is 432 g/mol. The van der Waals surface area contributed by atoms with E-state index < -0.39 is 22.5 Å². The Morgan fingerprint density at radius 1 is 1.28 bits per heavy atom. The van der Waals surface area contributed by atoms with Crippen LogP contribution in [0, 0.1) is 16.7 Å². The lowest BCUT2D eigenvalue weighted by atomic mass is 9.87. The zero-order valence-corrected chi connectivity index (χ0v) is 19.4. The van der Waals surface area contributed by atoms with Crippen LogP contribution in [0.15, 0.2) is 41.3 Å². The van der Waals surface area contributed by atoms with Crippen molar-refractivity contribution < 1.29 is 19.0 Å². The number of benzene rings is 1. The van der Waals surface area contributed by atoms with Crippen LogP contribution in [0.4, 0.5) is 0 Å². The Hall–Kier alpha value is -3.08. The quantitative estimate of drug-likeness (QED) is 0.493. The number of nitriles is 1. The second kappa shape index (κ2) is 8.81. The number of methoxy groups -OCH3 is 1. The van der Waals surface area contributed by atoms with Crippen molar-refractivity contribution in [2.24, 2.45) is 5.41 Å². The molecule has 0 N–H and O–H groups in total. The number of hydrogen-bond donors (Lipinski definition) is 0. The zero-order chi connectivity index (χ0) is 23.7. The first-order valence-corrected chi connectivity index (χ1v) is 10.4. The van der Waals surface area contributed by atoms with Crippen molar-refractivity contribution in [1.82, 2.24) is 4.57 Å². The smallest absolute Gasteiger partial charge is 0.355 e. The van der Waals surface area contributed by atoms with Gasteiger partial charge in [-0.3, -0.25) is 9.36 Å². The number of halogens is 1. The number of carbonyl (C=O) groups excluding carboxylic acids is 1. The van der Waals surface area contributed by atoms with Crippen LogP contribution in [0.3, 0.4) is 0 Å². The fourth-order valence-corrected chi connectivity index (χ4v) is 3.48. The lowest BCUT2D eigenvalue weighted by molar-refractivity contribution is -0.148. The summed E-state index contributed by atoms with van der Waals surface area (Å²) in [7, 11) is 1.45. The van der Waals surface area contributed by atoms with E-state index in [1.54, 1.807) is 45.0 Å². The Kier molecular flexibility index (Phi) is 6.49. The van der Waals surface area contributed by atoms with Crippen molar-refractivity contribution in [3.8, 4) is 22.9 Å². The third-order valence-corrected chi connectivity index (χ3v) is 5.08. The third kappa shape index (κ3) is 5.04. The number of hydrogen-bond acceptors (Lipinski definition) is 6. The first kappa shape index (κ1) is 23.6. The van der Waals surface area contributed by atoms with E-state index in [1.807, 2.05) is 6.92 Å². The minimum Gasteiger partial charge on any atom is -0.495 e. The average Bonchev–Trinajstić information content (AvgIpc) is 2.69. The van der Waals surface area contributed by atoms with Gasteiger partial charge in [-0.15, -0.1) is 0 Å². The molecule has 7 nitrogen and oxygen atoms in total. The highest BCUT2D eigenvalue weighted by Crippen LogP contribution is 2.35. The molecule has 168 valence electrons. The number of aromatic nitrogens is 1. The largest absolute Gasteiger partial charge is 0.495 e. The van der Waals surface area contributed by atoms with E-state index in [1.165, 1.54) is 23.9 Å². The van der Waals surface area contributed by atoms with Crippen LogP contribution in [0.25, 0.3) is 16.8 Å². The normalized spacial score (nSPS) is 15.5. The summed E-state index contributed by atoms with van der Waals surface area (Å²) in [4.78, 5) is 26.2. The number of pyridine rings is 1. The summed E-state index contributed by atoms with van der Waals surface area (Å²) in [5.41, 5.74) is -0.357. The molecule has 3 rings (SSSR count). The molecular formula is C24H25ClN2O5. The SMILES string of the molecule is COc1cn(/C(=C/C2(C)COC2)C(=O)OC(C)(C)C)c(=O)cc1-c1cc(Cl)ccc1C#N. The summed E-state index contributed by atoms with van der Waals surface area (Å²) in [6.45, 7) is 8.06. The van der Waals surface area contributed by atoms with Crippen LogP contribution in [0.1, 0.15) is 33.3 Å². The summed E-state index contributed by atoms with van der Waals surface area (Å²) in [6, 6.07) is 8.19. The van der Waals surface area contributed by atoms with Crippen LogP contribution in [-0.2, 0) is 14.3 Å². The maximum Gasteiger partial charge on any atom is 0.355 e. The molecule has 1 aromatic carbocycles. The maximum atomic E-state index is 13.2. The van der Waals surface area contributed by atoms with Gasteiger partial charge in [0.05, 0.1) is 38.2 Å². The zero-order valence-electron chi connectivity index (χ0n) is 18.7. The van der Waals surface area contributed by atoms with E-state index >= 15 is 0 Å². The number of nitrogens with zero attached hydrogens (tertiary/aromatic N) is 2. The van der Waals surface area contributed by atoms with Crippen LogP contribution >= 0.6 is 11.6 Å². The van der Waals surface area contributed by atoms with Gasteiger partial charge in [0.2, 0.25) is 0 Å². The molecule has 0 spiro atoms. The number of esters is 1. The standard InChI is InChI=1S/C24H25ClN2O5/c1-23(2,3)32-22(29)19(10-24(4)13-31-14-24)27-12-20(30-5)18(9-21(27)28)17-8-16(25)7-6-15(17)11-26/h6-10,12H,13-14H2,1-5H3/b19-10+. The van der Waals surface area contributed by atoms with Crippen LogP contribution < -0.4 is 10.3 Å². The van der Waals surface area contributed by atoms with Gasteiger partial charge >= 0.3 is 5.97 Å². The molecule has 0 unspecified atom stereocenters. The van der Waals surface area contributed by atoms with E-state index in [9.17, 15) is 14.9 Å².